The SMILES string of the molecule is CSc1ccccc1CN1CCC[C@H]1CP(c1ccccc1)c1ccccc1. The highest BCUT2D eigenvalue weighted by molar-refractivity contribution is 7.98. The Morgan fingerprint density at radius 1 is 0.857 bits per heavy atom. The van der Waals surface area contributed by atoms with Crippen molar-refractivity contribution in [2.24, 2.45) is 0 Å². The Bertz CT molecular complexity index is 828. The minimum atomic E-state index is -0.321. The molecule has 0 N–H and O–H groups in total. The molecule has 0 aromatic heterocycles. The standard InChI is InChI=1S/C25H28NPS/c1-28-25-17-9-8-11-21(25)19-26-18-10-12-22(26)20-27(23-13-4-2-5-14-23)24-15-6-3-7-16-24/h2-9,11,13-17,22H,10,12,18-20H2,1H3/t22-/m0/s1. The number of hydrogen-bond donors (Lipinski definition) is 0. The molecule has 1 heterocycles. The van der Waals surface area contributed by atoms with Crippen molar-refractivity contribution in [3.63, 3.8) is 0 Å². The van der Waals surface area contributed by atoms with Gasteiger partial charge in [-0.3, -0.25) is 4.90 Å². The molecule has 0 aliphatic carbocycles. The topological polar surface area (TPSA) is 3.24 Å². The van der Waals surface area contributed by atoms with Crippen molar-refractivity contribution in [1.29, 1.82) is 0 Å². The van der Waals surface area contributed by atoms with Crippen LogP contribution < -0.4 is 10.6 Å². The van der Waals surface area contributed by atoms with Crippen LogP contribution in [0.4, 0.5) is 0 Å². The second kappa shape index (κ2) is 9.74. The van der Waals surface area contributed by atoms with Crippen LogP contribution in [0.1, 0.15) is 18.4 Å². The van der Waals surface area contributed by atoms with Gasteiger partial charge in [-0.05, 0) is 62.0 Å². The molecule has 1 atom stereocenters. The molecule has 0 spiro atoms. The van der Waals surface area contributed by atoms with Gasteiger partial charge in [0.1, 0.15) is 0 Å². The summed E-state index contributed by atoms with van der Waals surface area (Å²) >= 11 is 1.87. The molecule has 1 aliphatic heterocycles. The molecule has 1 aliphatic rings. The number of hydrogen-bond acceptors (Lipinski definition) is 2. The van der Waals surface area contributed by atoms with Crippen molar-refractivity contribution in [2.75, 3.05) is 19.0 Å². The summed E-state index contributed by atoms with van der Waals surface area (Å²) < 4.78 is 0. The lowest BCUT2D eigenvalue weighted by Crippen LogP contribution is -2.33. The molecule has 0 bridgehead atoms. The number of nitrogens with zero attached hydrogens (tertiary/aromatic N) is 1. The zero-order chi connectivity index (χ0) is 19.2. The second-order valence-electron chi connectivity index (χ2n) is 7.36. The van der Waals surface area contributed by atoms with Gasteiger partial charge < -0.3 is 0 Å². The van der Waals surface area contributed by atoms with Gasteiger partial charge in [0.15, 0.2) is 0 Å². The molecule has 144 valence electrons. The van der Waals surface area contributed by atoms with E-state index >= 15 is 0 Å². The summed E-state index contributed by atoms with van der Waals surface area (Å²) in [5.41, 5.74) is 1.48. The van der Waals surface area contributed by atoms with E-state index in [1.807, 2.05) is 11.8 Å². The predicted octanol–water partition coefficient (Wildman–Crippen LogP) is 5.51. The van der Waals surface area contributed by atoms with Crippen LogP contribution in [-0.4, -0.2) is 29.9 Å². The van der Waals surface area contributed by atoms with Crippen LogP contribution in [0.3, 0.4) is 0 Å². The van der Waals surface area contributed by atoms with E-state index in [-0.39, 0.29) is 7.92 Å². The third kappa shape index (κ3) is 4.69. The van der Waals surface area contributed by atoms with Gasteiger partial charge in [0.05, 0.1) is 0 Å². The molecular formula is C25H28NPS. The largest absolute Gasteiger partial charge is 0.296 e. The molecule has 1 fully saturated rings. The molecule has 0 amide bonds. The average Bonchev–Trinajstić information content (AvgIpc) is 3.20. The summed E-state index contributed by atoms with van der Waals surface area (Å²) in [5.74, 6) is 0. The van der Waals surface area contributed by atoms with Gasteiger partial charge in [0.25, 0.3) is 0 Å². The quantitative estimate of drug-likeness (QED) is 0.377. The molecule has 1 saturated heterocycles. The van der Waals surface area contributed by atoms with Crippen molar-refractivity contribution in [2.45, 2.75) is 30.3 Å². The van der Waals surface area contributed by atoms with Crippen LogP contribution >= 0.6 is 19.7 Å². The minimum Gasteiger partial charge on any atom is -0.296 e. The summed E-state index contributed by atoms with van der Waals surface area (Å²) in [6.45, 7) is 2.30. The van der Waals surface area contributed by atoms with Crippen molar-refractivity contribution < 1.29 is 0 Å². The minimum absolute atomic E-state index is 0.321. The Morgan fingerprint density at radius 2 is 1.46 bits per heavy atom. The highest BCUT2D eigenvalue weighted by Crippen LogP contribution is 2.38. The fourth-order valence-corrected chi connectivity index (χ4v) is 7.38. The molecule has 0 radical (unpaired) electrons. The van der Waals surface area contributed by atoms with Gasteiger partial charge in [-0.15, -0.1) is 11.8 Å². The van der Waals surface area contributed by atoms with E-state index in [1.54, 1.807) is 0 Å². The van der Waals surface area contributed by atoms with Crippen LogP contribution in [0.15, 0.2) is 89.8 Å². The lowest BCUT2D eigenvalue weighted by atomic mass is 10.2. The lowest BCUT2D eigenvalue weighted by molar-refractivity contribution is 0.261. The first-order valence-corrected chi connectivity index (χ1v) is 12.8. The molecule has 0 unspecified atom stereocenters. The molecule has 0 saturated carbocycles. The van der Waals surface area contributed by atoms with E-state index in [9.17, 15) is 0 Å². The Kier molecular flexibility index (Phi) is 6.86. The molecule has 28 heavy (non-hydrogen) atoms. The summed E-state index contributed by atoms with van der Waals surface area (Å²) in [7, 11) is -0.321. The highest BCUT2D eigenvalue weighted by atomic mass is 32.2. The summed E-state index contributed by atoms with van der Waals surface area (Å²) in [4.78, 5) is 4.15. The maximum atomic E-state index is 2.73. The maximum absolute atomic E-state index is 2.73. The monoisotopic (exact) mass is 405 g/mol. The number of thioether (sulfide) groups is 1. The molecule has 4 rings (SSSR count). The number of rotatable bonds is 7. The predicted molar refractivity (Wildman–Crippen MR) is 126 cm³/mol. The maximum Gasteiger partial charge on any atom is 0.0247 e. The first kappa shape index (κ1) is 19.7. The van der Waals surface area contributed by atoms with Crippen molar-refractivity contribution in [3.8, 4) is 0 Å². The Labute approximate surface area is 174 Å². The van der Waals surface area contributed by atoms with Gasteiger partial charge in [0, 0.05) is 17.5 Å². The molecular weight excluding hydrogens is 377 g/mol. The van der Waals surface area contributed by atoms with Crippen LogP contribution in [0.5, 0.6) is 0 Å². The van der Waals surface area contributed by atoms with Gasteiger partial charge in [0.2, 0.25) is 0 Å². The first-order chi connectivity index (χ1) is 13.8. The first-order valence-electron chi connectivity index (χ1n) is 10.1. The molecule has 3 aromatic carbocycles. The van der Waals surface area contributed by atoms with Crippen LogP contribution in [0, 0.1) is 0 Å². The second-order valence-corrected chi connectivity index (χ2v) is 10.5. The van der Waals surface area contributed by atoms with Gasteiger partial charge in [-0.1, -0.05) is 78.9 Å². The lowest BCUT2D eigenvalue weighted by Gasteiger charge is -2.29. The zero-order valence-electron chi connectivity index (χ0n) is 16.5. The summed E-state index contributed by atoms with van der Waals surface area (Å²) in [6.07, 6.45) is 6.08. The normalized spacial score (nSPS) is 17.3. The van der Waals surface area contributed by atoms with Gasteiger partial charge in [-0.2, -0.15) is 0 Å². The van der Waals surface area contributed by atoms with Crippen LogP contribution in [0.2, 0.25) is 0 Å². The highest BCUT2D eigenvalue weighted by Gasteiger charge is 2.28. The van der Waals surface area contributed by atoms with E-state index in [4.69, 9.17) is 0 Å². The van der Waals surface area contributed by atoms with Gasteiger partial charge in [-0.25, -0.2) is 0 Å². The van der Waals surface area contributed by atoms with Crippen molar-refractivity contribution >= 4 is 30.3 Å². The Morgan fingerprint density at radius 3 is 2.11 bits per heavy atom. The van der Waals surface area contributed by atoms with E-state index in [0.29, 0.717) is 6.04 Å². The van der Waals surface area contributed by atoms with E-state index in [1.165, 1.54) is 46.6 Å². The van der Waals surface area contributed by atoms with E-state index < -0.39 is 0 Å². The van der Waals surface area contributed by atoms with Crippen LogP contribution in [-0.2, 0) is 6.54 Å². The molecule has 1 nitrogen and oxygen atoms in total. The summed E-state index contributed by atoms with van der Waals surface area (Å²) in [6, 6.07) is 31.9. The van der Waals surface area contributed by atoms with Gasteiger partial charge >= 0.3 is 0 Å². The third-order valence-corrected chi connectivity index (χ3v) is 9.06. The van der Waals surface area contributed by atoms with Crippen molar-refractivity contribution in [1.82, 2.24) is 4.90 Å². The Hall–Kier alpha value is -1.60. The summed E-state index contributed by atoms with van der Waals surface area (Å²) in [5, 5.41) is 3.00. The van der Waals surface area contributed by atoms with Crippen molar-refractivity contribution in [3.05, 3.63) is 90.5 Å². The smallest absolute Gasteiger partial charge is 0.0247 e. The fourth-order valence-electron chi connectivity index (χ4n) is 4.15. The van der Waals surface area contributed by atoms with E-state index in [2.05, 4.69) is 96.1 Å². The average molecular weight is 406 g/mol. The zero-order valence-corrected chi connectivity index (χ0v) is 18.2. The fraction of sp³-hybridized carbons (Fsp3) is 0.280. The number of likely N-dealkylation sites (tertiary alicyclic amines) is 1. The third-order valence-electron chi connectivity index (χ3n) is 5.59. The van der Waals surface area contributed by atoms with Crippen LogP contribution in [0.25, 0.3) is 0 Å². The molecule has 3 aromatic rings. The Balaban J connectivity index is 1.56. The van der Waals surface area contributed by atoms with E-state index in [0.717, 1.165) is 6.54 Å². The number of benzene rings is 3. The molecule has 3 heteroatoms.